The van der Waals surface area contributed by atoms with Gasteiger partial charge in [-0.3, -0.25) is 10.2 Å². The number of piperazine rings is 1. The first-order valence-corrected chi connectivity index (χ1v) is 8.07. The van der Waals surface area contributed by atoms with Crippen molar-refractivity contribution in [1.29, 1.82) is 0 Å². The first-order chi connectivity index (χ1) is 10.3. The summed E-state index contributed by atoms with van der Waals surface area (Å²) in [4.78, 5) is 2.64. The fourth-order valence-electron chi connectivity index (χ4n) is 4.17. The van der Waals surface area contributed by atoms with Crippen molar-refractivity contribution in [1.82, 2.24) is 15.5 Å². The van der Waals surface area contributed by atoms with E-state index in [1.807, 2.05) is 0 Å². The van der Waals surface area contributed by atoms with Crippen LogP contribution in [0.1, 0.15) is 18.1 Å². The van der Waals surface area contributed by atoms with Crippen LogP contribution in [0.5, 0.6) is 0 Å². The van der Waals surface area contributed by atoms with Gasteiger partial charge in [-0.25, -0.2) is 0 Å². The molecular weight excluding hydrogens is 258 g/mol. The summed E-state index contributed by atoms with van der Waals surface area (Å²) in [5.41, 5.74) is 2.95. The Balaban J connectivity index is 1.88. The van der Waals surface area contributed by atoms with E-state index in [1.54, 1.807) is 0 Å². The van der Waals surface area contributed by atoms with Crippen molar-refractivity contribution >= 4 is 10.8 Å². The van der Waals surface area contributed by atoms with Crippen LogP contribution >= 0.6 is 0 Å². The Kier molecular flexibility index (Phi) is 3.21. The zero-order chi connectivity index (χ0) is 14.3. The van der Waals surface area contributed by atoms with Gasteiger partial charge in [0.2, 0.25) is 0 Å². The van der Waals surface area contributed by atoms with Crippen molar-refractivity contribution < 1.29 is 0 Å². The number of rotatable bonds is 3. The molecule has 1 fully saturated rings. The lowest BCUT2D eigenvalue weighted by Gasteiger charge is -2.45. The largest absolute Gasteiger partial charge is 0.314 e. The van der Waals surface area contributed by atoms with Gasteiger partial charge in [-0.1, -0.05) is 43.3 Å². The summed E-state index contributed by atoms with van der Waals surface area (Å²) in [6, 6.07) is 13.5. The molecule has 3 nitrogen and oxygen atoms in total. The first kappa shape index (κ1) is 13.3. The van der Waals surface area contributed by atoms with Crippen LogP contribution in [0.15, 0.2) is 36.4 Å². The van der Waals surface area contributed by atoms with E-state index in [1.165, 1.54) is 21.9 Å². The quantitative estimate of drug-likeness (QED) is 0.902. The molecule has 0 spiro atoms. The molecular formula is C18H23N3. The smallest absolute Gasteiger partial charge is 0.102 e. The third-order valence-electron chi connectivity index (χ3n) is 5.01. The van der Waals surface area contributed by atoms with Crippen LogP contribution in [0.3, 0.4) is 0 Å². The van der Waals surface area contributed by atoms with E-state index < -0.39 is 0 Å². The van der Waals surface area contributed by atoms with Gasteiger partial charge in [-0.15, -0.1) is 0 Å². The highest BCUT2D eigenvalue weighted by molar-refractivity contribution is 5.92. The fourth-order valence-corrected chi connectivity index (χ4v) is 4.17. The molecule has 0 radical (unpaired) electrons. The monoisotopic (exact) mass is 281 g/mol. The molecule has 4 rings (SSSR count). The zero-order valence-electron chi connectivity index (χ0n) is 12.7. The van der Waals surface area contributed by atoms with Crippen LogP contribution in [0, 0.1) is 0 Å². The van der Waals surface area contributed by atoms with Gasteiger partial charge in [0.05, 0.1) is 0 Å². The number of nitrogens with zero attached hydrogens (tertiary/aromatic N) is 1. The third kappa shape index (κ3) is 1.92. The molecule has 3 heteroatoms. The first-order valence-electron chi connectivity index (χ1n) is 8.07. The van der Waals surface area contributed by atoms with Gasteiger partial charge in [-0.05, 0) is 28.4 Å². The molecule has 2 aromatic rings. The Morgan fingerprint density at radius 2 is 1.90 bits per heavy atom. The topological polar surface area (TPSA) is 27.3 Å². The number of likely N-dealkylation sites (N-methyl/N-ethyl adjacent to an activating group) is 1. The van der Waals surface area contributed by atoms with Gasteiger partial charge < -0.3 is 5.32 Å². The standard InChI is InChI=1S/C18H23N3/c1-2-20-18(21-11-9-19-10-12-21)13-15-7-3-5-14-6-4-8-16(18)17(14)15/h3-8,19-20H,2,9-13H2,1H3. The second-order valence-corrected chi connectivity index (χ2v) is 6.13. The van der Waals surface area contributed by atoms with Gasteiger partial charge >= 0.3 is 0 Å². The van der Waals surface area contributed by atoms with Gasteiger partial charge in [-0.2, -0.15) is 0 Å². The molecule has 0 saturated carbocycles. The molecule has 2 aliphatic rings. The molecule has 21 heavy (non-hydrogen) atoms. The maximum atomic E-state index is 3.83. The van der Waals surface area contributed by atoms with Crippen molar-refractivity contribution in [3.05, 3.63) is 47.5 Å². The summed E-state index contributed by atoms with van der Waals surface area (Å²) in [7, 11) is 0. The Morgan fingerprint density at radius 3 is 2.67 bits per heavy atom. The molecule has 2 aromatic carbocycles. The maximum Gasteiger partial charge on any atom is 0.102 e. The minimum atomic E-state index is -0.0138. The summed E-state index contributed by atoms with van der Waals surface area (Å²) in [5, 5.41) is 10.2. The lowest BCUT2D eigenvalue weighted by Crippen LogP contribution is -2.61. The van der Waals surface area contributed by atoms with Gasteiger partial charge in [0.15, 0.2) is 0 Å². The second-order valence-electron chi connectivity index (χ2n) is 6.13. The van der Waals surface area contributed by atoms with Crippen LogP contribution < -0.4 is 10.6 Å². The number of hydrogen-bond donors (Lipinski definition) is 2. The van der Waals surface area contributed by atoms with Crippen LogP contribution in [-0.2, 0) is 12.1 Å². The Labute approximate surface area is 126 Å². The molecule has 0 aromatic heterocycles. The third-order valence-corrected chi connectivity index (χ3v) is 5.01. The average molecular weight is 281 g/mol. The van der Waals surface area contributed by atoms with Crippen molar-refractivity contribution in [3.8, 4) is 0 Å². The van der Waals surface area contributed by atoms with Gasteiger partial charge in [0.1, 0.15) is 5.66 Å². The minimum absolute atomic E-state index is 0.0138. The van der Waals surface area contributed by atoms with Crippen molar-refractivity contribution in [2.75, 3.05) is 32.7 Å². The highest BCUT2D eigenvalue weighted by Gasteiger charge is 2.43. The maximum absolute atomic E-state index is 3.83. The van der Waals surface area contributed by atoms with Crippen LogP contribution in [-0.4, -0.2) is 37.6 Å². The summed E-state index contributed by atoms with van der Waals surface area (Å²) >= 11 is 0. The van der Waals surface area contributed by atoms with Gasteiger partial charge in [0, 0.05) is 32.6 Å². The average Bonchev–Trinajstić information content (AvgIpc) is 2.86. The van der Waals surface area contributed by atoms with E-state index >= 15 is 0 Å². The van der Waals surface area contributed by atoms with Crippen LogP contribution in [0.25, 0.3) is 10.8 Å². The van der Waals surface area contributed by atoms with Crippen molar-refractivity contribution in [2.24, 2.45) is 0 Å². The van der Waals surface area contributed by atoms with Crippen molar-refractivity contribution in [3.63, 3.8) is 0 Å². The number of benzene rings is 2. The zero-order valence-corrected chi connectivity index (χ0v) is 12.7. The van der Waals surface area contributed by atoms with E-state index in [0.717, 1.165) is 39.1 Å². The highest BCUT2D eigenvalue weighted by Crippen LogP contribution is 2.43. The summed E-state index contributed by atoms with van der Waals surface area (Å²) in [5.74, 6) is 0. The van der Waals surface area contributed by atoms with E-state index in [9.17, 15) is 0 Å². The van der Waals surface area contributed by atoms with E-state index in [-0.39, 0.29) is 5.66 Å². The molecule has 1 saturated heterocycles. The van der Waals surface area contributed by atoms with Crippen molar-refractivity contribution in [2.45, 2.75) is 19.0 Å². The number of hydrogen-bond acceptors (Lipinski definition) is 3. The van der Waals surface area contributed by atoms with Crippen LogP contribution in [0.2, 0.25) is 0 Å². The van der Waals surface area contributed by atoms with E-state index in [4.69, 9.17) is 0 Å². The molecule has 1 atom stereocenters. The van der Waals surface area contributed by atoms with E-state index in [0.29, 0.717) is 0 Å². The molecule has 110 valence electrons. The molecule has 0 amide bonds. The fraction of sp³-hybridized carbons (Fsp3) is 0.444. The summed E-state index contributed by atoms with van der Waals surface area (Å²) in [6.07, 6.45) is 1.08. The molecule has 0 bridgehead atoms. The Hall–Kier alpha value is -1.42. The Morgan fingerprint density at radius 1 is 1.14 bits per heavy atom. The lowest BCUT2D eigenvalue weighted by atomic mass is 9.97. The minimum Gasteiger partial charge on any atom is -0.314 e. The van der Waals surface area contributed by atoms with E-state index in [2.05, 4.69) is 58.9 Å². The molecule has 1 aliphatic carbocycles. The van der Waals surface area contributed by atoms with Crippen LogP contribution in [0.4, 0.5) is 0 Å². The SMILES string of the molecule is CCNC1(N2CCNCC2)Cc2cccc3cccc1c23. The summed E-state index contributed by atoms with van der Waals surface area (Å²) < 4.78 is 0. The number of nitrogens with one attached hydrogen (secondary N) is 2. The molecule has 1 heterocycles. The van der Waals surface area contributed by atoms with Gasteiger partial charge in [0.25, 0.3) is 0 Å². The predicted octanol–water partition coefficient (Wildman–Crippen LogP) is 2.06. The normalized spacial score (nSPS) is 25.6. The lowest BCUT2D eigenvalue weighted by molar-refractivity contribution is 0.0457. The summed E-state index contributed by atoms with van der Waals surface area (Å²) in [6.45, 7) is 7.59. The molecule has 2 N–H and O–H groups in total. The molecule has 1 aliphatic heterocycles. The predicted molar refractivity (Wildman–Crippen MR) is 87.4 cm³/mol. The highest BCUT2D eigenvalue weighted by atomic mass is 15.3. The second kappa shape index (κ2) is 5.09. The Bertz CT molecular complexity index is 655. The molecule has 1 unspecified atom stereocenters.